The molecular formula is C29H53NO11Si. The van der Waals surface area contributed by atoms with Crippen molar-refractivity contribution in [1.82, 2.24) is 5.32 Å². The predicted octanol–water partition coefficient (Wildman–Crippen LogP) is 4.52. The van der Waals surface area contributed by atoms with Crippen molar-refractivity contribution in [3.05, 3.63) is 12.2 Å². The molecular weight excluding hydrogens is 566 g/mol. The molecule has 0 atom stereocenters. The van der Waals surface area contributed by atoms with E-state index in [-0.39, 0.29) is 25.0 Å². The van der Waals surface area contributed by atoms with Crippen LogP contribution in [-0.4, -0.2) is 93.5 Å². The molecule has 244 valence electrons. The summed E-state index contributed by atoms with van der Waals surface area (Å²) in [5.74, 6) is -0.556. The van der Waals surface area contributed by atoms with Gasteiger partial charge in [-0.2, -0.15) is 0 Å². The van der Waals surface area contributed by atoms with E-state index in [0.717, 1.165) is 44.9 Å². The average molecular weight is 620 g/mol. The van der Waals surface area contributed by atoms with Crippen LogP contribution in [0.5, 0.6) is 0 Å². The molecule has 0 aromatic carbocycles. The highest BCUT2D eigenvalue weighted by atomic mass is 28.4. The van der Waals surface area contributed by atoms with Crippen molar-refractivity contribution < 1.29 is 51.4 Å². The molecule has 0 bridgehead atoms. The number of alkyl carbamates (subject to hydrolysis) is 1. The minimum Gasteiger partial charge on any atom is -0.462 e. The van der Waals surface area contributed by atoms with Crippen molar-refractivity contribution in [3.63, 3.8) is 0 Å². The highest BCUT2D eigenvalue weighted by molar-refractivity contribution is 6.60. The molecule has 42 heavy (non-hydrogen) atoms. The fourth-order valence-corrected chi connectivity index (χ4v) is 5.48. The maximum absolute atomic E-state index is 12.0. The van der Waals surface area contributed by atoms with Gasteiger partial charge in [-0.3, -0.25) is 9.59 Å². The van der Waals surface area contributed by atoms with E-state index in [1.807, 2.05) is 0 Å². The van der Waals surface area contributed by atoms with Gasteiger partial charge < -0.3 is 37.5 Å². The molecule has 12 nitrogen and oxygen atoms in total. The quantitative estimate of drug-likeness (QED) is 0.0434. The molecule has 0 aromatic heterocycles. The molecule has 13 heteroatoms. The summed E-state index contributed by atoms with van der Waals surface area (Å²) in [6, 6.07) is 0.598. The standard InChI is InChI=1S/C29H53NO11Si/c1-25(2)28(33)40-23-22-39-27(32)17-9-7-11-19-38-20-13-10-16-26(31)15-8-6-12-21-41-29(34)30-18-14-24-42(35-3,36-4)37-5/h1,6-24H2,2-5H3,(H,30,34). The van der Waals surface area contributed by atoms with Crippen LogP contribution >= 0.6 is 0 Å². The van der Waals surface area contributed by atoms with Crippen LogP contribution in [0.4, 0.5) is 4.79 Å². The van der Waals surface area contributed by atoms with Crippen LogP contribution < -0.4 is 5.32 Å². The Labute approximate surface area is 252 Å². The van der Waals surface area contributed by atoms with Gasteiger partial charge in [-0.25, -0.2) is 9.59 Å². The zero-order valence-electron chi connectivity index (χ0n) is 26.1. The summed E-state index contributed by atoms with van der Waals surface area (Å²) in [5, 5.41) is 2.70. The Morgan fingerprint density at radius 3 is 1.81 bits per heavy atom. The molecule has 0 unspecified atom stereocenters. The van der Waals surface area contributed by atoms with Crippen molar-refractivity contribution in [1.29, 1.82) is 0 Å². The summed E-state index contributed by atoms with van der Waals surface area (Å²) >= 11 is 0. The van der Waals surface area contributed by atoms with E-state index < -0.39 is 20.9 Å². The second kappa shape index (κ2) is 26.3. The monoisotopic (exact) mass is 619 g/mol. The third-order valence-corrected chi connectivity index (χ3v) is 9.12. The minimum absolute atomic E-state index is 0.0270. The van der Waals surface area contributed by atoms with Crippen LogP contribution in [0.2, 0.25) is 6.04 Å². The first kappa shape index (κ1) is 39.7. The van der Waals surface area contributed by atoms with Crippen molar-refractivity contribution in [3.8, 4) is 0 Å². The van der Waals surface area contributed by atoms with Gasteiger partial charge in [-0.15, -0.1) is 0 Å². The third-order valence-electron chi connectivity index (χ3n) is 6.29. The topological polar surface area (TPSA) is 145 Å². The lowest BCUT2D eigenvalue weighted by Crippen LogP contribution is -2.43. The van der Waals surface area contributed by atoms with Crippen LogP contribution in [0.25, 0.3) is 0 Å². The summed E-state index contributed by atoms with van der Waals surface area (Å²) in [6.07, 6.45) is 8.01. The fourth-order valence-electron chi connectivity index (χ4n) is 3.76. The number of ketones is 1. The van der Waals surface area contributed by atoms with Crippen molar-refractivity contribution in [2.24, 2.45) is 0 Å². The van der Waals surface area contributed by atoms with Gasteiger partial charge in [0.15, 0.2) is 0 Å². The van der Waals surface area contributed by atoms with Gasteiger partial charge in [-0.1, -0.05) is 13.0 Å². The molecule has 0 heterocycles. The number of esters is 2. The Morgan fingerprint density at radius 2 is 1.19 bits per heavy atom. The number of hydrogen-bond donors (Lipinski definition) is 1. The fraction of sp³-hybridized carbons (Fsp3) is 0.793. The van der Waals surface area contributed by atoms with E-state index in [4.69, 9.17) is 32.2 Å². The van der Waals surface area contributed by atoms with Gasteiger partial charge in [-0.05, 0) is 58.3 Å². The van der Waals surface area contributed by atoms with Gasteiger partial charge >= 0.3 is 26.8 Å². The molecule has 0 spiro atoms. The van der Waals surface area contributed by atoms with Crippen LogP contribution in [0.1, 0.15) is 84.0 Å². The number of rotatable bonds is 28. The van der Waals surface area contributed by atoms with Crippen LogP contribution in [0, 0.1) is 0 Å². The van der Waals surface area contributed by atoms with E-state index in [1.54, 1.807) is 28.3 Å². The predicted molar refractivity (Wildman–Crippen MR) is 159 cm³/mol. The van der Waals surface area contributed by atoms with Crippen LogP contribution in [0.15, 0.2) is 12.2 Å². The first-order chi connectivity index (χ1) is 20.2. The third kappa shape index (κ3) is 22.3. The van der Waals surface area contributed by atoms with Gasteiger partial charge in [0, 0.05) is 72.0 Å². The molecule has 0 radical (unpaired) electrons. The van der Waals surface area contributed by atoms with E-state index in [0.29, 0.717) is 70.1 Å². The highest BCUT2D eigenvalue weighted by Gasteiger charge is 2.36. The van der Waals surface area contributed by atoms with Crippen LogP contribution in [0.3, 0.4) is 0 Å². The molecule has 0 aliphatic carbocycles. The van der Waals surface area contributed by atoms with Crippen molar-refractivity contribution in [2.45, 2.75) is 90.0 Å². The van der Waals surface area contributed by atoms with Gasteiger partial charge in [0.05, 0.1) is 6.61 Å². The Bertz CT molecular complexity index is 766. The number of ether oxygens (including phenoxy) is 4. The zero-order chi connectivity index (χ0) is 31.5. The van der Waals surface area contributed by atoms with E-state index in [9.17, 15) is 19.2 Å². The maximum Gasteiger partial charge on any atom is 0.500 e. The Morgan fingerprint density at radius 1 is 0.643 bits per heavy atom. The molecule has 0 rings (SSSR count). The smallest absolute Gasteiger partial charge is 0.462 e. The average Bonchev–Trinajstić information content (AvgIpc) is 2.98. The number of unbranched alkanes of at least 4 members (excludes halogenated alkanes) is 5. The van der Waals surface area contributed by atoms with E-state index in [2.05, 4.69) is 11.9 Å². The Balaban J connectivity index is 3.48. The molecule has 1 amide bonds. The summed E-state index contributed by atoms with van der Waals surface area (Å²) in [4.78, 5) is 46.7. The Hall–Kier alpha value is -2.32. The normalized spacial score (nSPS) is 11.1. The second-order valence-electron chi connectivity index (χ2n) is 9.83. The highest BCUT2D eigenvalue weighted by Crippen LogP contribution is 2.14. The zero-order valence-corrected chi connectivity index (χ0v) is 27.1. The number of nitrogens with one attached hydrogen (secondary N) is 1. The maximum atomic E-state index is 12.0. The molecule has 0 aliphatic heterocycles. The second-order valence-corrected chi connectivity index (χ2v) is 12.9. The van der Waals surface area contributed by atoms with Crippen LogP contribution in [-0.2, 0) is 46.6 Å². The summed E-state index contributed by atoms with van der Waals surface area (Å²) in [6.45, 7) is 7.11. The first-order valence-electron chi connectivity index (χ1n) is 14.8. The number of hydrogen-bond acceptors (Lipinski definition) is 11. The van der Waals surface area contributed by atoms with Crippen molar-refractivity contribution in [2.75, 3.05) is 60.9 Å². The lowest BCUT2D eigenvalue weighted by Gasteiger charge is -2.24. The molecule has 0 aromatic rings. The Kier molecular flexibility index (Phi) is 24.9. The first-order valence-corrected chi connectivity index (χ1v) is 16.8. The number of amides is 1. The summed E-state index contributed by atoms with van der Waals surface area (Å²) in [7, 11) is 2.05. The van der Waals surface area contributed by atoms with E-state index >= 15 is 0 Å². The largest absolute Gasteiger partial charge is 0.500 e. The molecule has 0 saturated carbocycles. The summed E-state index contributed by atoms with van der Waals surface area (Å²) < 4.78 is 36.7. The van der Waals surface area contributed by atoms with Gasteiger partial charge in [0.2, 0.25) is 0 Å². The molecule has 0 aliphatic rings. The number of carbonyl (C=O) groups is 4. The number of carbonyl (C=O) groups excluding carboxylic acids is 4. The molecule has 0 fully saturated rings. The molecule has 1 N–H and O–H groups in total. The van der Waals surface area contributed by atoms with Gasteiger partial charge in [0.1, 0.15) is 19.0 Å². The van der Waals surface area contributed by atoms with Gasteiger partial charge in [0.25, 0.3) is 0 Å². The van der Waals surface area contributed by atoms with Crippen molar-refractivity contribution >= 4 is 32.6 Å². The minimum atomic E-state index is -2.62. The lowest BCUT2D eigenvalue weighted by atomic mass is 10.1. The summed E-state index contributed by atoms with van der Waals surface area (Å²) in [5.41, 5.74) is 0.307. The number of Topliss-reactive ketones (excluding diaryl/α,β-unsaturated/α-hetero) is 1. The lowest BCUT2D eigenvalue weighted by molar-refractivity contribution is -0.150. The van der Waals surface area contributed by atoms with E-state index in [1.165, 1.54) is 0 Å². The SMILES string of the molecule is C=C(C)C(=O)OCCOC(=O)CCCCCOCCCCC(=O)CCCCCOC(=O)NCCC[Si](OC)(OC)OC. The molecule has 0 saturated heterocycles.